The van der Waals surface area contributed by atoms with E-state index < -0.39 is 53.4 Å². The number of hydrogen-bond acceptors (Lipinski definition) is 5. The van der Waals surface area contributed by atoms with E-state index in [1.165, 1.54) is 0 Å². The zero-order valence-electron chi connectivity index (χ0n) is 18.3. The summed E-state index contributed by atoms with van der Waals surface area (Å²) in [4.78, 5) is 52.1. The molecule has 0 aliphatic carbocycles. The molecule has 2 aromatic rings. The van der Waals surface area contributed by atoms with Gasteiger partial charge in [-0.05, 0) is 24.0 Å². The lowest BCUT2D eigenvalue weighted by atomic mass is 9.79. The Balaban J connectivity index is 1.32. The number of carboxylic acid groups (broad SMARTS) is 1. The number of amides is 4. The Hall–Kier alpha value is -3.72. The predicted molar refractivity (Wildman–Crippen MR) is 119 cm³/mol. The molecule has 0 radical (unpaired) electrons. The van der Waals surface area contributed by atoms with Crippen LogP contribution in [0.1, 0.15) is 24.0 Å². The summed E-state index contributed by atoms with van der Waals surface area (Å²) in [5.41, 5.74) is -0.0970. The molecule has 34 heavy (non-hydrogen) atoms. The second-order valence-corrected chi connectivity index (χ2v) is 8.84. The van der Waals surface area contributed by atoms with E-state index in [1.807, 2.05) is 12.1 Å². The van der Waals surface area contributed by atoms with Gasteiger partial charge in [-0.2, -0.15) is 0 Å². The third-order valence-corrected chi connectivity index (χ3v) is 7.01. The molecule has 4 amide bonds. The lowest BCUT2D eigenvalue weighted by molar-refractivity contribution is -0.147. The van der Waals surface area contributed by atoms with Gasteiger partial charge in [0.1, 0.15) is 0 Å². The van der Waals surface area contributed by atoms with Crippen molar-refractivity contribution in [2.45, 2.75) is 30.6 Å². The van der Waals surface area contributed by atoms with E-state index in [4.69, 9.17) is 4.74 Å². The van der Waals surface area contributed by atoms with Gasteiger partial charge in [0.15, 0.2) is 5.54 Å². The Morgan fingerprint density at radius 2 is 1.53 bits per heavy atom. The smallest absolute Gasteiger partial charge is 0.325 e. The molecule has 2 aromatic carbocycles. The molecule has 2 bridgehead atoms. The number of benzene rings is 2. The predicted octanol–water partition coefficient (Wildman–Crippen LogP) is 1.48. The number of carbonyl (C=O) groups excluding carboxylic acids is 3. The van der Waals surface area contributed by atoms with Crippen LogP contribution >= 0.6 is 0 Å². The van der Waals surface area contributed by atoms with Crippen LogP contribution in [0, 0.1) is 11.8 Å². The minimum Gasteiger partial charge on any atom is -0.481 e. The Kier molecular flexibility index (Phi) is 5.57. The van der Waals surface area contributed by atoms with Crippen LogP contribution in [-0.4, -0.2) is 59.1 Å². The molecular weight excluding hydrogens is 438 g/mol. The molecule has 9 nitrogen and oxygen atoms in total. The van der Waals surface area contributed by atoms with Gasteiger partial charge in [0.05, 0.1) is 24.0 Å². The quantitative estimate of drug-likeness (QED) is 0.534. The highest BCUT2D eigenvalue weighted by Gasteiger charge is 2.56. The maximum absolute atomic E-state index is 13.6. The van der Waals surface area contributed by atoms with Crippen LogP contribution in [0.15, 0.2) is 60.7 Å². The number of carbonyl (C=O) groups is 4. The zero-order chi connectivity index (χ0) is 23.9. The van der Waals surface area contributed by atoms with Gasteiger partial charge in [-0.3, -0.25) is 19.3 Å². The van der Waals surface area contributed by atoms with Crippen LogP contribution in [-0.2, 0) is 24.7 Å². The molecule has 176 valence electrons. The third kappa shape index (κ3) is 3.43. The molecule has 3 heterocycles. The van der Waals surface area contributed by atoms with Crippen molar-refractivity contribution in [3.8, 4) is 0 Å². The number of aliphatic carboxylic acids is 1. The van der Waals surface area contributed by atoms with Crippen molar-refractivity contribution in [3.63, 3.8) is 0 Å². The molecule has 0 spiro atoms. The number of carboxylic acids is 1. The highest BCUT2D eigenvalue weighted by atomic mass is 16.5. The van der Waals surface area contributed by atoms with Crippen molar-refractivity contribution in [3.05, 3.63) is 71.8 Å². The minimum absolute atomic E-state index is 0.0118. The van der Waals surface area contributed by atoms with Crippen LogP contribution in [0.25, 0.3) is 0 Å². The molecule has 9 heteroatoms. The highest BCUT2D eigenvalue weighted by molar-refractivity contribution is 6.09. The van der Waals surface area contributed by atoms with Gasteiger partial charge in [-0.1, -0.05) is 60.7 Å². The second-order valence-electron chi connectivity index (χ2n) is 8.84. The van der Waals surface area contributed by atoms with E-state index in [0.29, 0.717) is 24.0 Å². The number of ether oxygens (including phenoxy) is 1. The molecule has 5 rings (SSSR count). The van der Waals surface area contributed by atoms with E-state index in [-0.39, 0.29) is 13.1 Å². The first-order valence-corrected chi connectivity index (χ1v) is 11.3. The van der Waals surface area contributed by atoms with Gasteiger partial charge < -0.3 is 20.5 Å². The average molecular weight is 463 g/mol. The molecule has 0 saturated carbocycles. The van der Waals surface area contributed by atoms with Crippen molar-refractivity contribution < 1.29 is 29.0 Å². The summed E-state index contributed by atoms with van der Waals surface area (Å²) in [6, 6.07) is 17.5. The van der Waals surface area contributed by atoms with Crippen molar-refractivity contribution in [1.29, 1.82) is 0 Å². The Bertz CT molecular complexity index is 1080. The van der Waals surface area contributed by atoms with E-state index in [2.05, 4.69) is 10.6 Å². The summed E-state index contributed by atoms with van der Waals surface area (Å²) in [7, 11) is 0. The average Bonchev–Trinajstić information content (AvgIpc) is 3.54. The fourth-order valence-corrected chi connectivity index (χ4v) is 5.45. The Labute approximate surface area is 196 Å². The third-order valence-electron chi connectivity index (χ3n) is 7.01. The number of imide groups is 1. The molecule has 3 aliphatic rings. The summed E-state index contributed by atoms with van der Waals surface area (Å²) in [5.74, 6) is -3.55. The Morgan fingerprint density at radius 1 is 0.971 bits per heavy atom. The van der Waals surface area contributed by atoms with Crippen LogP contribution < -0.4 is 10.6 Å². The highest BCUT2D eigenvalue weighted by Crippen LogP contribution is 2.43. The molecule has 3 aliphatic heterocycles. The van der Waals surface area contributed by atoms with E-state index >= 15 is 0 Å². The normalized spacial score (nSPS) is 27.0. The molecule has 3 saturated heterocycles. The maximum Gasteiger partial charge on any atom is 0.325 e. The molecular formula is C25H25N3O6. The monoisotopic (exact) mass is 463 g/mol. The number of urea groups is 1. The van der Waals surface area contributed by atoms with Crippen molar-refractivity contribution in [2.24, 2.45) is 11.8 Å². The number of nitrogens with one attached hydrogen (secondary N) is 2. The van der Waals surface area contributed by atoms with Gasteiger partial charge >= 0.3 is 12.0 Å². The lowest BCUT2D eigenvalue weighted by Gasteiger charge is -2.28. The molecule has 2 unspecified atom stereocenters. The first-order chi connectivity index (χ1) is 16.4. The van der Waals surface area contributed by atoms with Gasteiger partial charge in [-0.25, -0.2) is 4.79 Å². The largest absolute Gasteiger partial charge is 0.481 e. The van der Waals surface area contributed by atoms with Crippen LogP contribution in [0.3, 0.4) is 0 Å². The molecule has 4 atom stereocenters. The summed E-state index contributed by atoms with van der Waals surface area (Å²) >= 11 is 0. The van der Waals surface area contributed by atoms with E-state index in [0.717, 1.165) is 4.90 Å². The lowest BCUT2D eigenvalue weighted by Crippen LogP contribution is -2.47. The summed E-state index contributed by atoms with van der Waals surface area (Å²) in [5, 5.41) is 15.1. The van der Waals surface area contributed by atoms with Gasteiger partial charge in [0.25, 0.3) is 5.91 Å². The van der Waals surface area contributed by atoms with Gasteiger partial charge in [-0.15, -0.1) is 0 Å². The number of hydrogen-bond donors (Lipinski definition) is 3. The maximum atomic E-state index is 13.6. The standard InChI is InChI=1S/C25H25N3O6/c29-21(19-17-11-12-18(34-17)20(19)22(30)31)26-13-14-28-23(32)25(27-24(28)33,15-7-3-1-4-8-15)16-9-5-2-6-10-16/h1-10,17-20H,11-14H2,(H,26,29)(H,27,33)(H,30,31)/t17-,18-,19?,20?/m1/s1. The minimum atomic E-state index is -1.36. The molecule has 3 N–H and O–H groups in total. The van der Waals surface area contributed by atoms with Crippen LogP contribution in [0.5, 0.6) is 0 Å². The molecule has 0 aromatic heterocycles. The van der Waals surface area contributed by atoms with Crippen LogP contribution in [0.2, 0.25) is 0 Å². The topological polar surface area (TPSA) is 125 Å². The fourth-order valence-electron chi connectivity index (χ4n) is 5.45. The first-order valence-electron chi connectivity index (χ1n) is 11.3. The number of nitrogens with zero attached hydrogens (tertiary/aromatic N) is 1. The fraction of sp³-hybridized carbons (Fsp3) is 0.360. The number of rotatable bonds is 7. The summed E-state index contributed by atoms with van der Waals surface area (Å²) < 4.78 is 5.65. The van der Waals surface area contributed by atoms with E-state index in [1.54, 1.807) is 48.5 Å². The first kappa shape index (κ1) is 22.1. The zero-order valence-corrected chi connectivity index (χ0v) is 18.3. The van der Waals surface area contributed by atoms with Crippen molar-refractivity contribution >= 4 is 23.8 Å². The molecule has 3 fully saturated rings. The van der Waals surface area contributed by atoms with Crippen LogP contribution in [0.4, 0.5) is 4.79 Å². The SMILES string of the molecule is O=C(O)C1C(C(=O)NCCN2C(=O)NC(c3ccccc3)(c3ccccc3)C2=O)[C@H]2CC[C@H]1O2. The van der Waals surface area contributed by atoms with Gasteiger partial charge in [0, 0.05) is 13.1 Å². The summed E-state index contributed by atoms with van der Waals surface area (Å²) in [6.07, 6.45) is 0.429. The van der Waals surface area contributed by atoms with E-state index in [9.17, 15) is 24.3 Å². The Morgan fingerprint density at radius 3 is 2.09 bits per heavy atom. The number of fused-ring (bicyclic) bond motifs is 2. The summed E-state index contributed by atoms with van der Waals surface area (Å²) in [6.45, 7) is -0.0326. The van der Waals surface area contributed by atoms with Crippen molar-refractivity contribution in [1.82, 2.24) is 15.5 Å². The van der Waals surface area contributed by atoms with Crippen molar-refractivity contribution in [2.75, 3.05) is 13.1 Å². The second kappa shape index (κ2) is 8.57. The van der Waals surface area contributed by atoms with Gasteiger partial charge in [0.2, 0.25) is 5.91 Å².